The number of ether oxygens (including phenoxy) is 1. The molecule has 1 heterocycles. The van der Waals surface area contributed by atoms with Crippen molar-refractivity contribution < 1.29 is 9.53 Å². The van der Waals surface area contributed by atoms with E-state index in [1.807, 2.05) is 6.92 Å². The Bertz CT molecular complexity index is 180. The van der Waals surface area contributed by atoms with E-state index in [0.29, 0.717) is 6.61 Å². The van der Waals surface area contributed by atoms with Crippen molar-refractivity contribution in [3.63, 3.8) is 0 Å². The van der Waals surface area contributed by atoms with Gasteiger partial charge in [0, 0.05) is 0 Å². The Morgan fingerprint density at radius 3 is 2.50 bits per heavy atom. The summed E-state index contributed by atoms with van der Waals surface area (Å²) in [7, 11) is 0. The molecular weight excluding hydrogens is 178 g/mol. The third kappa shape index (κ3) is 2.47. The molecule has 0 saturated carbocycles. The maximum absolute atomic E-state index is 11.9. The summed E-state index contributed by atoms with van der Waals surface area (Å²) >= 11 is 0. The van der Waals surface area contributed by atoms with Gasteiger partial charge in [0.1, 0.15) is 0 Å². The fraction of sp³-hybridized carbons (Fsp3) is 0.909. The highest BCUT2D eigenvalue weighted by atomic mass is 16.5. The molecule has 0 atom stereocenters. The second-order valence-electron chi connectivity index (χ2n) is 4.00. The number of rotatable bonds is 4. The zero-order valence-electron chi connectivity index (χ0n) is 9.27. The molecule has 1 aliphatic rings. The molecule has 1 saturated heterocycles. The van der Waals surface area contributed by atoms with Crippen molar-refractivity contribution in [2.24, 2.45) is 5.41 Å². The zero-order valence-corrected chi connectivity index (χ0v) is 9.27. The summed E-state index contributed by atoms with van der Waals surface area (Å²) in [6.07, 6.45) is 3.88. The van der Waals surface area contributed by atoms with Gasteiger partial charge in [0.25, 0.3) is 0 Å². The molecule has 0 radical (unpaired) electrons. The third-order valence-corrected chi connectivity index (χ3v) is 3.00. The second kappa shape index (κ2) is 5.35. The first-order chi connectivity index (χ1) is 6.75. The number of hydrogen-bond donors (Lipinski definition) is 1. The third-order valence-electron chi connectivity index (χ3n) is 3.00. The van der Waals surface area contributed by atoms with Gasteiger partial charge in [0.05, 0.1) is 12.0 Å². The Hall–Kier alpha value is -0.570. The zero-order chi connectivity index (χ0) is 10.4. The highest BCUT2D eigenvalue weighted by Gasteiger charge is 2.39. The molecule has 1 aliphatic heterocycles. The van der Waals surface area contributed by atoms with E-state index in [1.54, 1.807) is 0 Å². The standard InChI is InChI=1S/C11H21NO2/c1-3-5-11(10(13)14-4-2)6-8-12-9-7-11/h12H,3-9H2,1-2H3. The van der Waals surface area contributed by atoms with Crippen LogP contribution < -0.4 is 5.32 Å². The number of carbonyl (C=O) groups is 1. The van der Waals surface area contributed by atoms with Crippen molar-refractivity contribution in [3.05, 3.63) is 0 Å². The average molecular weight is 199 g/mol. The first-order valence-electron chi connectivity index (χ1n) is 5.63. The Labute approximate surface area is 86.2 Å². The van der Waals surface area contributed by atoms with Crippen LogP contribution in [0.4, 0.5) is 0 Å². The van der Waals surface area contributed by atoms with E-state index in [4.69, 9.17) is 4.74 Å². The van der Waals surface area contributed by atoms with Crippen LogP contribution >= 0.6 is 0 Å². The minimum absolute atomic E-state index is 0.0170. The Kier molecular flexibility index (Phi) is 4.39. The smallest absolute Gasteiger partial charge is 0.312 e. The van der Waals surface area contributed by atoms with E-state index >= 15 is 0 Å². The molecule has 1 rings (SSSR count). The molecule has 3 nitrogen and oxygen atoms in total. The molecule has 0 unspecified atom stereocenters. The molecule has 0 aromatic heterocycles. The molecule has 0 spiro atoms. The van der Waals surface area contributed by atoms with Gasteiger partial charge >= 0.3 is 5.97 Å². The van der Waals surface area contributed by atoms with Crippen molar-refractivity contribution in [1.29, 1.82) is 0 Å². The predicted molar refractivity (Wildman–Crippen MR) is 56.1 cm³/mol. The fourth-order valence-electron chi connectivity index (χ4n) is 2.22. The molecule has 0 aromatic carbocycles. The summed E-state index contributed by atoms with van der Waals surface area (Å²) in [6, 6.07) is 0. The minimum Gasteiger partial charge on any atom is -0.466 e. The molecule has 14 heavy (non-hydrogen) atoms. The summed E-state index contributed by atoms with van der Waals surface area (Å²) in [5, 5.41) is 3.29. The van der Waals surface area contributed by atoms with Crippen molar-refractivity contribution in [2.45, 2.75) is 39.5 Å². The van der Waals surface area contributed by atoms with Crippen LogP contribution in [-0.4, -0.2) is 25.7 Å². The van der Waals surface area contributed by atoms with E-state index in [0.717, 1.165) is 38.8 Å². The summed E-state index contributed by atoms with van der Waals surface area (Å²) in [5.41, 5.74) is -0.185. The Morgan fingerprint density at radius 1 is 1.36 bits per heavy atom. The van der Waals surface area contributed by atoms with Crippen LogP contribution in [0.5, 0.6) is 0 Å². The SMILES string of the molecule is CCCC1(C(=O)OCC)CCNCC1. The summed E-state index contributed by atoms with van der Waals surface area (Å²) in [5.74, 6) is 0.0170. The van der Waals surface area contributed by atoms with Crippen LogP contribution in [0.1, 0.15) is 39.5 Å². The lowest BCUT2D eigenvalue weighted by molar-refractivity contribution is -0.157. The van der Waals surface area contributed by atoms with Crippen LogP contribution in [-0.2, 0) is 9.53 Å². The number of carbonyl (C=O) groups excluding carboxylic acids is 1. The van der Waals surface area contributed by atoms with Gasteiger partial charge in [-0.25, -0.2) is 0 Å². The van der Waals surface area contributed by atoms with Crippen molar-refractivity contribution in [3.8, 4) is 0 Å². The molecule has 1 fully saturated rings. The monoisotopic (exact) mass is 199 g/mol. The molecule has 0 amide bonds. The van der Waals surface area contributed by atoms with Gasteiger partial charge in [-0.05, 0) is 39.3 Å². The summed E-state index contributed by atoms with van der Waals surface area (Å²) in [6.45, 7) is 6.39. The highest BCUT2D eigenvalue weighted by molar-refractivity contribution is 5.77. The van der Waals surface area contributed by atoms with Gasteiger partial charge in [-0.3, -0.25) is 4.79 Å². The number of nitrogens with one attached hydrogen (secondary N) is 1. The number of hydrogen-bond acceptors (Lipinski definition) is 3. The minimum atomic E-state index is -0.185. The van der Waals surface area contributed by atoms with E-state index < -0.39 is 0 Å². The lowest BCUT2D eigenvalue weighted by Crippen LogP contribution is -2.43. The molecule has 82 valence electrons. The van der Waals surface area contributed by atoms with Crippen molar-refractivity contribution in [2.75, 3.05) is 19.7 Å². The maximum atomic E-state index is 11.9. The van der Waals surface area contributed by atoms with Crippen LogP contribution in [0.2, 0.25) is 0 Å². The first-order valence-corrected chi connectivity index (χ1v) is 5.63. The normalized spacial score (nSPS) is 20.4. The van der Waals surface area contributed by atoms with Crippen molar-refractivity contribution >= 4 is 5.97 Å². The predicted octanol–water partition coefficient (Wildman–Crippen LogP) is 1.72. The maximum Gasteiger partial charge on any atom is 0.312 e. The average Bonchev–Trinajstić information content (AvgIpc) is 2.20. The molecule has 0 bridgehead atoms. The van der Waals surface area contributed by atoms with E-state index in [1.165, 1.54) is 0 Å². The molecule has 0 aliphatic carbocycles. The van der Waals surface area contributed by atoms with Gasteiger partial charge in [0.2, 0.25) is 0 Å². The van der Waals surface area contributed by atoms with Crippen LogP contribution in [0.15, 0.2) is 0 Å². The lowest BCUT2D eigenvalue weighted by Gasteiger charge is -2.34. The number of esters is 1. The van der Waals surface area contributed by atoms with E-state index in [2.05, 4.69) is 12.2 Å². The fourth-order valence-corrected chi connectivity index (χ4v) is 2.22. The van der Waals surface area contributed by atoms with Gasteiger partial charge < -0.3 is 10.1 Å². The summed E-state index contributed by atoms with van der Waals surface area (Å²) < 4.78 is 5.17. The Morgan fingerprint density at radius 2 is 2.00 bits per heavy atom. The summed E-state index contributed by atoms with van der Waals surface area (Å²) in [4.78, 5) is 11.9. The molecule has 3 heteroatoms. The second-order valence-corrected chi connectivity index (χ2v) is 4.00. The molecule has 0 aromatic rings. The lowest BCUT2D eigenvalue weighted by atomic mass is 9.75. The highest BCUT2D eigenvalue weighted by Crippen LogP contribution is 2.35. The van der Waals surface area contributed by atoms with Gasteiger partial charge in [-0.15, -0.1) is 0 Å². The molecular formula is C11H21NO2. The van der Waals surface area contributed by atoms with E-state index in [-0.39, 0.29) is 11.4 Å². The van der Waals surface area contributed by atoms with Crippen molar-refractivity contribution in [1.82, 2.24) is 5.32 Å². The van der Waals surface area contributed by atoms with Gasteiger partial charge in [-0.2, -0.15) is 0 Å². The largest absolute Gasteiger partial charge is 0.466 e. The quantitative estimate of drug-likeness (QED) is 0.701. The van der Waals surface area contributed by atoms with Crippen LogP contribution in [0.3, 0.4) is 0 Å². The van der Waals surface area contributed by atoms with E-state index in [9.17, 15) is 4.79 Å². The van der Waals surface area contributed by atoms with Gasteiger partial charge in [0.15, 0.2) is 0 Å². The first kappa shape index (κ1) is 11.5. The van der Waals surface area contributed by atoms with Gasteiger partial charge in [-0.1, -0.05) is 13.3 Å². The van der Waals surface area contributed by atoms with Crippen LogP contribution in [0.25, 0.3) is 0 Å². The Balaban J connectivity index is 2.63. The number of piperidine rings is 1. The van der Waals surface area contributed by atoms with Crippen LogP contribution in [0, 0.1) is 5.41 Å². The topological polar surface area (TPSA) is 38.3 Å². The molecule has 1 N–H and O–H groups in total.